The van der Waals surface area contributed by atoms with Crippen LogP contribution in [-0.4, -0.2) is 17.3 Å². The summed E-state index contributed by atoms with van der Waals surface area (Å²) in [6.45, 7) is 0. The Bertz CT molecular complexity index is 251. The summed E-state index contributed by atoms with van der Waals surface area (Å²) in [6, 6.07) is 0. The van der Waals surface area contributed by atoms with Crippen molar-refractivity contribution in [3.05, 3.63) is 11.6 Å². The number of Topliss-reactive ketones (excluding diaryl/α,β-unsaturated/α-hetero) is 1. The highest BCUT2D eigenvalue weighted by Gasteiger charge is 2.20. The fourth-order valence-electron chi connectivity index (χ4n) is 2.44. The minimum absolute atomic E-state index is 0.451. The number of carbonyl (C=O) groups excluding carboxylic acids is 1. The molecule has 0 unspecified atom stereocenters. The van der Waals surface area contributed by atoms with Gasteiger partial charge < -0.3 is 0 Å². The molecule has 84 valence electrons. The maximum atomic E-state index is 12.0. The Labute approximate surface area is 96.7 Å². The van der Waals surface area contributed by atoms with E-state index in [1.54, 1.807) is 0 Å². The maximum absolute atomic E-state index is 12.0. The van der Waals surface area contributed by atoms with Gasteiger partial charge in [0, 0.05) is 6.42 Å². The number of ketones is 1. The molecule has 0 N–H and O–H groups in total. The van der Waals surface area contributed by atoms with Gasteiger partial charge in [-0.05, 0) is 61.5 Å². The van der Waals surface area contributed by atoms with Crippen molar-refractivity contribution in [1.29, 1.82) is 0 Å². The minimum Gasteiger partial charge on any atom is -0.295 e. The zero-order chi connectivity index (χ0) is 10.5. The Hall–Kier alpha value is -0.240. The van der Waals surface area contributed by atoms with Crippen molar-refractivity contribution >= 4 is 17.5 Å². The van der Waals surface area contributed by atoms with E-state index in [4.69, 9.17) is 0 Å². The monoisotopic (exact) mass is 224 g/mol. The third-order valence-corrected chi connectivity index (χ3v) is 4.51. The molecule has 1 aliphatic carbocycles. The molecule has 0 aromatic heterocycles. The van der Waals surface area contributed by atoms with Gasteiger partial charge in [-0.1, -0.05) is 6.08 Å². The van der Waals surface area contributed by atoms with Gasteiger partial charge in [-0.2, -0.15) is 11.8 Å². The van der Waals surface area contributed by atoms with Crippen molar-refractivity contribution in [1.82, 2.24) is 0 Å². The topological polar surface area (TPSA) is 17.1 Å². The van der Waals surface area contributed by atoms with Crippen LogP contribution in [-0.2, 0) is 4.79 Å². The van der Waals surface area contributed by atoms with Crippen LogP contribution >= 0.6 is 11.8 Å². The largest absolute Gasteiger partial charge is 0.295 e. The third kappa shape index (κ3) is 3.37. The molecule has 0 aromatic carbocycles. The second kappa shape index (κ2) is 5.74. The van der Waals surface area contributed by atoms with Gasteiger partial charge in [-0.25, -0.2) is 0 Å². The SMILES string of the molecule is O=C(CC1CCSCC1)C1=CCCCC1. The quantitative estimate of drug-likeness (QED) is 0.728. The maximum Gasteiger partial charge on any atom is 0.158 e. The van der Waals surface area contributed by atoms with Crippen molar-refractivity contribution in [3.8, 4) is 0 Å². The molecular formula is C13H20OS. The van der Waals surface area contributed by atoms with Gasteiger partial charge in [0.15, 0.2) is 5.78 Å². The van der Waals surface area contributed by atoms with E-state index < -0.39 is 0 Å². The van der Waals surface area contributed by atoms with Crippen molar-refractivity contribution in [3.63, 3.8) is 0 Å². The van der Waals surface area contributed by atoms with E-state index in [1.165, 1.54) is 37.2 Å². The first kappa shape index (κ1) is 11.3. The molecule has 0 atom stereocenters. The number of carbonyl (C=O) groups is 1. The predicted octanol–water partition coefficient (Wildman–Crippen LogP) is 3.59. The lowest BCUT2D eigenvalue weighted by Gasteiger charge is -2.21. The van der Waals surface area contributed by atoms with Crippen molar-refractivity contribution in [2.24, 2.45) is 5.92 Å². The highest BCUT2D eigenvalue weighted by atomic mass is 32.2. The zero-order valence-electron chi connectivity index (χ0n) is 9.34. The Morgan fingerprint density at radius 3 is 2.80 bits per heavy atom. The summed E-state index contributed by atoms with van der Waals surface area (Å²) in [5.74, 6) is 3.65. The fraction of sp³-hybridized carbons (Fsp3) is 0.769. The number of hydrogen-bond acceptors (Lipinski definition) is 2. The molecular weight excluding hydrogens is 204 g/mol. The van der Waals surface area contributed by atoms with Gasteiger partial charge in [0.1, 0.15) is 0 Å². The lowest BCUT2D eigenvalue weighted by Crippen LogP contribution is -2.16. The Morgan fingerprint density at radius 1 is 1.33 bits per heavy atom. The lowest BCUT2D eigenvalue weighted by molar-refractivity contribution is -0.116. The van der Waals surface area contributed by atoms with Crippen LogP contribution in [0.5, 0.6) is 0 Å². The average molecular weight is 224 g/mol. The van der Waals surface area contributed by atoms with Crippen molar-refractivity contribution in [2.75, 3.05) is 11.5 Å². The van der Waals surface area contributed by atoms with Crippen LogP contribution in [0.15, 0.2) is 11.6 Å². The molecule has 0 radical (unpaired) electrons. The Balaban J connectivity index is 1.82. The highest BCUT2D eigenvalue weighted by Crippen LogP contribution is 2.28. The summed E-state index contributed by atoms with van der Waals surface area (Å²) < 4.78 is 0. The van der Waals surface area contributed by atoms with Gasteiger partial charge in [0.05, 0.1) is 0 Å². The van der Waals surface area contributed by atoms with Gasteiger partial charge in [-0.3, -0.25) is 4.79 Å². The van der Waals surface area contributed by atoms with Crippen molar-refractivity contribution < 1.29 is 4.79 Å². The minimum atomic E-state index is 0.451. The van der Waals surface area contributed by atoms with E-state index >= 15 is 0 Å². The van der Waals surface area contributed by atoms with Crippen LogP contribution in [0.4, 0.5) is 0 Å². The summed E-state index contributed by atoms with van der Waals surface area (Å²) >= 11 is 2.04. The summed E-state index contributed by atoms with van der Waals surface area (Å²) in [4.78, 5) is 12.0. The number of hydrogen-bond donors (Lipinski definition) is 0. The molecule has 15 heavy (non-hydrogen) atoms. The van der Waals surface area contributed by atoms with Crippen LogP contribution in [0.3, 0.4) is 0 Å². The molecule has 0 saturated carbocycles. The normalized spacial score (nSPS) is 23.6. The molecule has 2 rings (SSSR count). The van der Waals surface area contributed by atoms with Gasteiger partial charge in [0.2, 0.25) is 0 Å². The van der Waals surface area contributed by atoms with E-state index in [2.05, 4.69) is 6.08 Å². The average Bonchev–Trinajstić information content (AvgIpc) is 2.31. The molecule has 0 amide bonds. The van der Waals surface area contributed by atoms with Crippen molar-refractivity contribution in [2.45, 2.75) is 44.9 Å². The van der Waals surface area contributed by atoms with E-state index in [0.717, 1.165) is 24.8 Å². The number of thioether (sulfide) groups is 1. The van der Waals surface area contributed by atoms with Gasteiger partial charge >= 0.3 is 0 Å². The molecule has 1 saturated heterocycles. The highest BCUT2D eigenvalue weighted by molar-refractivity contribution is 7.99. The molecule has 2 heteroatoms. The molecule has 1 nitrogen and oxygen atoms in total. The molecule has 0 bridgehead atoms. The molecule has 0 aromatic rings. The Morgan fingerprint density at radius 2 is 2.13 bits per heavy atom. The van der Waals surface area contributed by atoms with Crippen LogP contribution in [0.2, 0.25) is 0 Å². The predicted molar refractivity (Wildman–Crippen MR) is 66.2 cm³/mol. The second-order valence-corrected chi connectivity index (χ2v) is 5.88. The third-order valence-electron chi connectivity index (χ3n) is 3.46. The van der Waals surface area contributed by atoms with Gasteiger partial charge in [-0.15, -0.1) is 0 Å². The van der Waals surface area contributed by atoms with E-state index in [0.29, 0.717) is 11.7 Å². The lowest BCUT2D eigenvalue weighted by atomic mass is 9.89. The van der Waals surface area contributed by atoms with E-state index in [1.807, 2.05) is 11.8 Å². The number of rotatable bonds is 3. The smallest absolute Gasteiger partial charge is 0.158 e. The second-order valence-electron chi connectivity index (χ2n) is 4.66. The summed E-state index contributed by atoms with van der Waals surface area (Å²) in [6.07, 6.45) is 10.2. The molecule has 1 heterocycles. The first-order valence-electron chi connectivity index (χ1n) is 6.16. The molecule has 2 aliphatic rings. The van der Waals surface area contributed by atoms with Crippen LogP contribution in [0, 0.1) is 5.92 Å². The summed E-state index contributed by atoms with van der Waals surface area (Å²) in [7, 11) is 0. The zero-order valence-corrected chi connectivity index (χ0v) is 10.2. The molecule has 0 spiro atoms. The summed E-state index contributed by atoms with van der Waals surface area (Å²) in [5, 5.41) is 0. The standard InChI is InChI=1S/C13H20OS/c14-13(12-4-2-1-3-5-12)10-11-6-8-15-9-7-11/h4,11H,1-3,5-10H2. The van der Waals surface area contributed by atoms with Crippen LogP contribution in [0.25, 0.3) is 0 Å². The molecule has 1 fully saturated rings. The van der Waals surface area contributed by atoms with E-state index in [-0.39, 0.29) is 0 Å². The fourth-order valence-corrected chi connectivity index (χ4v) is 3.64. The van der Waals surface area contributed by atoms with Crippen LogP contribution < -0.4 is 0 Å². The molecule has 1 aliphatic heterocycles. The Kier molecular flexibility index (Phi) is 4.30. The first-order chi connectivity index (χ1) is 7.36. The van der Waals surface area contributed by atoms with Crippen LogP contribution in [0.1, 0.15) is 44.9 Å². The van der Waals surface area contributed by atoms with Gasteiger partial charge in [0.25, 0.3) is 0 Å². The summed E-state index contributed by atoms with van der Waals surface area (Å²) in [5.41, 5.74) is 1.14. The number of allylic oxidation sites excluding steroid dienone is 2. The first-order valence-corrected chi connectivity index (χ1v) is 7.31. The van der Waals surface area contributed by atoms with E-state index in [9.17, 15) is 4.79 Å².